The van der Waals surface area contributed by atoms with Crippen molar-refractivity contribution in [1.82, 2.24) is 9.97 Å². The lowest BCUT2D eigenvalue weighted by Crippen LogP contribution is -2.06. The lowest BCUT2D eigenvalue weighted by Gasteiger charge is -2.05. The van der Waals surface area contributed by atoms with Gasteiger partial charge in [-0.3, -0.25) is 4.98 Å². The molecule has 1 rings (SSSR count). The maximum Gasteiger partial charge on any atom is 0.144 e. The van der Waals surface area contributed by atoms with Gasteiger partial charge in [-0.1, -0.05) is 6.92 Å². The summed E-state index contributed by atoms with van der Waals surface area (Å²) in [7, 11) is 0. The fourth-order valence-electron chi connectivity index (χ4n) is 1.24. The van der Waals surface area contributed by atoms with Crippen molar-refractivity contribution in [2.75, 3.05) is 31.7 Å². The Hall–Kier alpha value is -1.20. The number of nitrogens with one attached hydrogen (secondary N) is 1. The largest absolute Gasteiger partial charge is 0.379 e. The molecule has 1 heterocycles. The zero-order chi connectivity index (χ0) is 12.3. The average Bonchev–Trinajstić information content (AvgIpc) is 2.36. The van der Waals surface area contributed by atoms with Gasteiger partial charge in [0.2, 0.25) is 0 Å². The van der Waals surface area contributed by atoms with Crippen LogP contribution in [0.2, 0.25) is 0 Å². The number of rotatable bonds is 9. The molecule has 0 radical (unpaired) electrons. The van der Waals surface area contributed by atoms with Crippen LogP contribution in [-0.4, -0.2) is 36.3 Å². The minimum absolute atomic E-state index is 0.481. The molecule has 0 unspecified atom stereocenters. The molecule has 5 nitrogen and oxygen atoms in total. The zero-order valence-corrected chi connectivity index (χ0v) is 10.6. The first-order valence-electron chi connectivity index (χ1n) is 6.07. The molecule has 0 atom stereocenters. The summed E-state index contributed by atoms with van der Waals surface area (Å²) in [5, 5.41) is 3.09. The van der Waals surface area contributed by atoms with Crippen LogP contribution in [0.3, 0.4) is 0 Å². The van der Waals surface area contributed by atoms with E-state index in [1.54, 1.807) is 12.4 Å². The topological polar surface area (TPSA) is 56.3 Å². The van der Waals surface area contributed by atoms with Gasteiger partial charge in [-0.05, 0) is 13.3 Å². The van der Waals surface area contributed by atoms with Crippen LogP contribution in [0.25, 0.3) is 0 Å². The smallest absolute Gasteiger partial charge is 0.144 e. The van der Waals surface area contributed by atoms with E-state index in [9.17, 15) is 0 Å². The second-order valence-corrected chi connectivity index (χ2v) is 3.59. The van der Waals surface area contributed by atoms with Crippen LogP contribution in [0.4, 0.5) is 5.82 Å². The van der Waals surface area contributed by atoms with Gasteiger partial charge in [0.25, 0.3) is 0 Å². The Morgan fingerprint density at radius 3 is 2.53 bits per heavy atom. The molecule has 0 aliphatic rings. The Balaban J connectivity index is 2.14. The van der Waals surface area contributed by atoms with Gasteiger partial charge < -0.3 is 14.8 Å². The first-order chi connectivity index (χ1) is 8.36. The number of ether oxygens (including phenoxy) is 2. The molecule has 5 heteroatoms. The molecule has 1 N–H and O–H groups in total. The molecule has 0 saturated heterocycles. The van der Waals surface area contributed by atoms with Crippen molar-refractivity contribution in [3.8, 4) is 0 Å². The van der Waals surface area contributed by atoms with Crippen LogP contribution >= 0.6 is 0 Å². The van der Waals surface area contributed by atoms with E-state index in [4.69, 9.17) is 9.47 Å². The summed E-state index contributed by atoms with van der Waals surface area (Å²) in [6.07, 6.45) is 4.48. The van der Waals surface area contributed by atoms with Crippen molar-refractivity contribution >= 4 is 5.82 Å². The van der Waals surface area contributed by atoms with Gasteiger partial charge in [0, 0.05) is 13.2 Å². The van der Waals surface area contributed by atoms with Gasteiger partial charge in [-0.25, -0.2) is 4.98 Å². The third-order valence-electron chi connectivity index (χ3n) is 2.03. The minimum Gasteiger partial charge on any atom is -0.379 e. The Morgan fingerprint density at radius 1 is 1.06 bits per heavy atom. The molecule has 0 fully saturated rings. The fraction of sp³-hybridized carbons (Fsp3) is 0.667. The summed E-state index contributed by atoms with van der Waals surface area (Å²) in [5.74, 6) is 0.794. The maximum absolute atomic E-state index is 5.42. The van der Waals surface area contributed by atoms with Gasteiger partial charge >= 0.3 is 0 Å². The van der Waals surface area contributed by atoms with E-state index in [2.05, 4.69) is 22.2 Å². The molecular formula is C12H21N3O2. The molecule has 1 aromatic rings. The Kier molecular flexibility index (Phi) is 7.25. The van der Waals surface area contributed by atoms with Crippen molar-refractivity contribution in [2.45, 2.75) is 26.9 Å². The van der Waals surface area contributed by atoms with Crippen LogP contribution in [0.1, 0.15) is 26.0 Å². The van der Waals surface area contributed by atoms with E-state index in [1.807, 2.05) is 6.92 Å². The third kappa shape index (κ3) is 6.19. The van der Waals surface area contributed by atoms with Crippen molar-refractivity contribution in [2.24, 2.45) is 0 Å². The highest BCUT2D eigenvalue weighted by molar-refractivity contribution is 5.30. The standard InChI is InChI=1S/C12H21N3O2/c1-3-5-16-6-7-17-10-11-8-15-12(9-14-11)13-4-2/h8-9H,3-7,10H2,1-2H3,(H,13,15). The molecule has 0 amide bonds. The van der Waals surface area contributed by atoms with Gasteiger partial charge in [-0.2, -0.15) is 0 Å². The molecule has 1 aromatic heterocycles. The minimum atomic E-state index is 0.481. The van der Waals surface area contributed by atoms with E-state index in [1.165, 1.54) is 0 Å². The van der Waals surface area contributed by atoms with Gasteiger partial charge in [0.05, 0.1) is 37.9 Å². The lowest BCUT2D eigenvalue weighted by molar-refractivity contribution is 0.0396. The number of nitrogens with zero attached hydrogens (tertiary/aromatic N) is 2. The van der Waals surface area contributed by atoms with E-state index in [0.717, 1.165) is 31.1 Å². The zero-order valence-electron chi connectivity index (χ0n) is 10.6. The van der Waals surface area contributed by atoms with Gasteiger partial charge in [-0.15, -0.1) is 0 Å². The van der Waals surface area contributed by atoms with Crippen molar-refractivity contribution in [3.05, 3.63) is 18.1 Å². The summed E-state index contributed by atoms with van der Waals surface area (Å²) in [6, 6.07) is 0. The quantitative estimate of drug-likeness (QED) is 0.666. The van der Waals surface area contributed by atoms with Crippen molar-refractivity contribution in [1.29, 1.82) is 0 Å². The molecule has 0 spiro atoms. The summed E-state index contributed by atoms with van der Waals surface area (Å²) < 4.78 is 10.7. The summed E-state index contributed by atoms with van der Waals surface area (Å²) >= 11 is 0. The van der Waals surface area contributed by atoms with Crippen molar-refractivity contribution in [3.63, 3.8) is 0 Å². The number of anilines is 1. The van der Waals surface area contributed by atoms with Crippen LogP contribution in [-0.2, 0) is 16.1 Å². The second kappa shape index (κ2) is 8.90. The molecule has 0 aromatic carbocycles. The van der Waals surface area contributed by atoms with Crippen LogP contribution in [0.15, 0.2) is 12.4 Å². The van der Waals surface area contributed by atoms with Crippen LogP contribution in [0, 0.1) is 0 Å². The monoisotopic (exact) mass is 239 g/mol. The highest BCUT2D eigenvalue weighted by Crippen LogP contribution is 2.01. The predicted octanol–water partition coefficient (Wildman–Crippen LogP) is 1.85. The normalized spacial score (nSPS) is 10.5. The molecule has 0 saturated carbocycles. The molecular weight excluding hydrogens is 218 g/mol. The summed E-state index contributed by atoms with van der Waals surface area (Å²) in [6.45, 7) is 7.46. The molecule has 96 valence electrons. The van der Waals surface area contributed by atoms with Crippen molar-refractivity contribution < 1.29 is 9.47 Å². The number of hydrogen-bond donors (Lipinski definition) is 1. The van der Waals surface area contributed by atoms with Crippen LogP contribution in [0.5, 0.6) is 0 Å². The van der Waals surface area contributed by atoms with E-state index in [0.29, 0.717) is 19.8 Å². The summed E-state index contributed by atoms with van der Waals surface area (Å²) in [5.41, 5.74) is 0.835. The number of hydrogen-bond acceptors (Lipinski definition) is 5. The predicted molar refractivity (Wildman–Crippen MR) is 67.0 cm³/mol. The molecule has 0 aliphatic heterocycles. The summed E-state index contributed by atoms with van der Waals surface area (Å²) in [4.78, 5) is 8.45. The SMILES string of the molecule is CCCOCCOCc1cnc(NCC)cn1. The first kappa shape index (κ1) is 13.9. The Bertz CT molecular complexity index is 290. The van der Waals surface area contributed by atoms with Gasteiger partial charge in [0.15, 0.2) is 0 Å². The van der Waals surface area contributed by atoms with E-state index < -0.39 is 0 Å². The first-order valence-corrected chi connectivity index (χ1v) is 6.07. The Labute approximate surface area is 103 Å². The molecule has 0 aliphatic carbocycles. The van der Waals surface area contributed by atoms with Crippen LogP contribution < -0.4 is 5.32 Å². The molecule has 0 bridgehead atoms. The lowest BCUT2D eigenvalue weighted by atomic mass is 10.5. The van der Waals surface area contributed by atoms with E-state index in [-0.39, 0.29) is 0 Å². The Morgan fingerprint density at radius 2 is 1.88 bits per heavy atom. The van der Waals surface area contributed by atoms with Gasteiger partial charge in [0.1, 0.15) is 5.82 Å². The number of aromatic nitrogens is 2. The molecule has 17 heavy (non-hydrogen) atoms. The highest BCUT2D eigenvalue weighted by Gasteiger charge is 1.97. The highest BCUT2D eigenvalue weighted by atomic mass is 16.5. The van der Waals surface area contributed by atoms with E-state index >= 15 is 0 Å². The second-order valence-electron chi connectivity index (χ2n) is 3.59. The fourth-order valence-corrected chi connectivity index (χ4v) is 1.24. The maximum atomic E-state index is 5.42. The third-order valence-corrected chi connectivity index (χ3v) is 2.03. The average molecular weight is 239 g/mol.